The Labute approximate surface area is 220 Å². The normalized spacial score (nSPS) is 14.2. The summed E-state index contributed by atoms with van der Waals surface area (Å²) in [6.45, 7) is 6.47. The number of nitrogens with zero attached hydrogens (tertiary/aromatic N) is 3. The van der Waals surface area contributed by atoms with Gasteiger partial charge in [-0.15, -0.1) is 0 Å². The highest BCUT2D eigenvalue weighted by Crippen LogP contribution is 2.38. The zero-order valence-electron chi connectivity index (χ0n) is 20.6. The van der Waals surface area contributed by atoms with E-state index in [9.17, 15) is 4.79 Å². The van der Waals surface area contributed by atoms with Gasteiger partial charge in [0.2, 0.25) is 0 Å². The fourth-order valence-corrected chi connectivity index (χ4v) is 5.46. The Morgan fingerprint density at radius 2 is 1.56 bits per heavy atom. The minimum Gasteiger partial charge on any atom is -0.496 e. The number of para-hydroxylation sites is 2. The summed E-state index contributed by atoms with van der Waals surface area (Å²) in [7, 11) is 1.64. The third kappa shape index (κ3) is 4.73. The summed E-state index contributed by atoms with van der Waals surface area (Å²) in [4.78, 5) is 18.2. The van der Waals surface area contributed by atoms with E-state index in [0.717, 1.165) is 52.9 Å². The van der Waals surface area contributed by atoms with Crippen LogP contribution in [-0.4, -0.2) is 55.3 Å². The van der Waals surface area contributed by atoms with Gasteiger partial charge in [-0.25, -0.2) is 4.79 Å². The maximum atomic E-state index is 13.4. The Bertz CT molecular complexity index is 1350. The highest BCUT2D eigenvalue weighted by molar-refractivity contribution is 9.10. The molecule has 1 aromatic heterocycles. The SMILES string of the molecule is CCOC(=O)c1c(CN2CCN(c3ccccc3)CC2)n(-c2ccccc2)c2cc(Br)c(OC)cc12. The minimum atomic E-state index is -0.306. The van der Waals surface area contributed by atoms with Crippen LogP contribution in [-0.2, 0) is 11.3 Å². The summed E-state index contributed by atoms with van der Waals surface area (Å²) in [5.41, 5.74) is 4.73. The molecule has 4 aromatic rings. The monoisotopic (exact) mass is 547 g/mol. The lowest BCUT2D eigenvalue weighted by atomic mass is 10.1. The molecular formula is C29H30BrN3O3. The van der Waals surface area contributed by atoms with Crippen LogP contribution >= 0.6 is 15.9 Å². The van der Waals surface area contributed by atoms with Crippen LogP contribution in [0.5, 0.6) is 5.75 Å². The lowest BCUT2D eigenvalue weighted by Crippen LogP contribution is -2.46. The molecule has 186 valence electrons. The molecule has 5 rings (SSSR count). The van der Waals surface area contributed by atoms with Crippen molar-refractivity contribution in [3.63, 3.8) is 0 Å². The van der Waals surface area contributed by atoms with E-state index in [-0.39, 0.29) is 5.97 Å². The molecule has 2 heterocycles. The molecule has 0 radical (unpaired) electrons. The van der Waals surface area contributed by atoms with Gasteiger partial charge < -0.3 is 18.9 Å². The Kier molecular flexibility index (Phi) is 7.30. The zero-order chi connectivity index (χ0) is 25.1. The van der Waals surface area contributed by atoms with E-state index >= 15 is 0 Å². The summed E-state index contributed by atoms with van der Waals surface area (Å²) in [6, 6.07) is 24.7. The van der Waals surface area contributed by atoms with E-state index in [1.54, 1.807) is 7.11 Å². The first-order chi connectivity index (χ1) is 17.6. The highest BCUT2D eigenvalue weighted by Gasteiger charge is 2.28. The molecule has 0 amide bonds. The van der Waals surface area contributed by atoms with E-state index < -0.39 is 0 Å². The number of piperazine rings is 1. The first-order valence-electron chi connectivity index (χ1n) is 12.3. The van der Waals surface area contributed by atoms with Crippen LogP contribution in [0.1, 0.15) is 23.0 Å². The smallest absolute Gasteiger partial charge is 0.340 e. The maximum Gasteiger partial charge on any atom is 0.340 e. The third-order valence-corrected chi connectivity index (χ3v) is 7.32. The molecule has 0 N–H and O–H groups in total. The summed E-state index contributed by atoms with van der Waals surface area (Å²) in [5, 5.41) is 0.829. The molecule has 0 spiro atoms. The predicted molar refractivity (Wildman–Crippen MR) is 147 cm³/mol. The van der Waals surface area contributed by atoms with Crippen molar-refractivity contribution in [3.8, 4) is 11.4 Å². The number of methoxy groups -OCH3 is 1. The van der Waals surface area contributed by atoms with Crippen LogP contribution in [0, 0.1) is 0 Å². The standard InChI is InChI=1S/C29H30BrN3O3/c1-3-36-29(34)28-23-18-27(35-2)24(30)19-25(23)33(22-12-8-5-9-13-22)26(28)20-31-14-16-32(17-15-31)21-10-6-4-7-11-21/h4-13,18-19H,3,14-17,20H2,1-2H3. The van der Waals surface area contributed by atoms with Gasteiger partial charge in [-0.3, -0.25) is 4.90 Å². The topological polar surface area (TPSA) is 46.9 Å². The molecule has 1 saturated heterocycles. The molecule has 0 bridgehead atoms. The Balaban J connectivity index is 1.58. The van der Waals surface area contributed by atoms with E-state index in [2.05, 4.69) is 66.7 Å². The number of carbonyl (C=O) groups excluding carboxylic acids is 1. The largest absolute Gasteiger partial charge is 0.496 e. The first kappa shape index (κ1) is 24.4. The molecular weight excluding hydrogens is 518 g/mol. The molecule has 0 aliphatic carbocycles. The van der Waals surface area contributed by atoms with Crippen LogP contribution < -0.4 is 9.64 Å². The van der Waals surface area contributed by atoms with Crippen molar-refractivity contribution in [3.05, 3.63) is 88.5 Å². The number of benzene rings is 3. The van der Waals surface area contributed by atoms with Crippen molar-refractivity contribution < 1.29 is 14.3 Å². The highest BCUT2D eigenvalue weighted by atomic mass is 79.9. The second-order valence-corrected chi connectivity index (χ2v) is 9.67. The summed E-state index contributed by atoms with van der Waals surface area (Å²) >= 11 is 3.64. The summed E-state index contributed by atoms with van der Waals surface area (Å²) < 4.78 is 14.2. The van der Waals surface area contributed by atoms with E-state index in [0.29, 0.717) is 24.5 Å². The molecule has 1 aliphatic heterocycles. The molecule has 0 unspecified atom stereocenters. The first-order valence-corrected chi connectivity index (χ1v) is 13.1. The number of esters is 1. The van der Waals surface area contributed by atoms with Crippen LogP contribution in [0.15, 0.2) is 77.3 Å². The second-order valence-electron chi connectivity index (χ2n) is 8.82. The predicted octanol–water partition coefficient (Wildman–Crippen LogP) is 5.90. The van der Waals surface area contributed by atoms with E-state index in [4.69, 9.17) is 9.47 Å². The number of rotatable bonds is 7. The zero-order valence-corrected chi connectivity index (χ0v) is 22.2. The minimum absolute atomic E-state index is 0.306. The van der Waals surface area contributed by atoms with Crippen LogP contribution in [0.25, 0.3) is 16.6 Å². The fraction of sp³-hybridized carbons (Fsp3) is 0.276. The van der Waals surface area contributed by atoms with Gasteiger partial charge in [0.15, 0.2) is 0 Å². The van der Waals surface area contributed by atoms with Gasteiger partial charge >= 0.3 is 5.97 Å². The number of ether oxygens (including phenoxy) is 2. The van der Waals surface area contributed by atoms with Crippen LogP contribution in [0.3, 0.4) is 0 Å². The van der Waals surface area contributed by atoms with Gasteiger partial charge in [-0.2, -0.15) is 0 Å². The van der Waals surface area contributed by atoms with E-state index in [1.807, 2.05) is 43.3 Å². The average molecular weight is 548 g/mol. The Morgan fingerprint density at radius 3 is 2.17 bits per heavy atom. The van der Waals surface area contributed by atoms with Crippen LogP contribution in [0.2, 0.25) is 0 Å². The summed E-state index contributed by atoms with van der Waals surface area (Å²) in [5.74, 6) is 0.376. The van der Waals surface area contributed by atoms with Crippen molar-refractivity contribution in [1.29, 1.82) is 0 Å². The lowest BCUT2D eigenvalue weighted by molar-refractivity contribution is 0.0526. The maximum absolute atomic E-state index is 13.4. The molecule has 0 atom stereocenters. The quantitative estimate of drug-likeness (QED) is 0.269. The second kappa shape index (κ2) is 10.8. The molecule has 1 aliphatic rings. The third-order valence-electron chi connectivity index (χ3n) is 6.70. The van der Waals surface area contributed by atoms with Gasteiger partial charge in [-0.1, -0.05) is 36.4 Å². The molecule has 0 saturated carbocycles. The average Bonchev–Trinajstić information content (AvgIpc) is 3.22. The van der Waals surface area contributed by atoms with Crippen molar-refractivity contribution in [2.24, 2.45) is 0 Å². The fourth-order valence-electron chi connectivity index (χ4n) is 4.96. The van der Waals surface area contributed by atoms with Gasteiger partial charge in [0.05, 0.1) is 35.0 Å². The van der Waals surface area contributed by atoms with Gasteiger partial charge in [0, 0.05) is 49.5 Å². The Hall–Kier alpha value is -3.29. The number of carbonyl (C=O) groups is 1. The van der Waals surface area contributed by atoms with Gasteiger partial charge in [0.1, 0.15) is 5.75 Å². The number of hydrogen-bond acceptors (Lipinski definition) is 5. The van der Waals surface area contributed by atoms with Crippen molar-refractivity contribution in [2.45, 2.75) is 13.5 Å². The summed E-state index contributed by atoms with van der Waals surface area (Å²) in [6.07, 6.45) is 0. The van der Waals surface area contributed by atoms with Crippen molar-refractivity contribution in [1.82, 2.24) is 9.47 Å². The number of aromatic nitrogens is 1. The van der Waals surface area contributed by atoms with E-state index in [1.165, 1.54) is 5.69 Å². The Morgan fingerprint density at radius 1 is 0.917 bits per heavy atom. The molecule has 1 fully saturated rings. The number of fused-ring (bicyclic) bond motifs is 1. The van der Waals surface area contributed by atoms with Crippen LogP contribution in [0.4, 0.5) is 5.69 Å². The molecule has 36 heavy (non-hydrogen) atoms. The van der Waals surface area contributed by atoms with Crippen molar-refractivity contribution >= 4 is 38.5 Å². The lowest BCUT2D eigenvalue weighted by Gasteiger charge is -2.36. The van der Waals surface area contributed by atoms with Gasteiger partial charge in [0.25, 0.3) is 0 Å². The van der Waals surface area contributed by atoms with Gasteiger partial charge in [-0.05, 0) is 59.3 Å². The number of hydrogen-bond donors (Lipinski definition) is 0. The molecule has 3 aromatic carbocycles. The van der Waals surface area contributed by atoms with Crippen molar-refractivity contribution in [2.75, 3.05) is 44.8 Å². The number of anilines is 1. The molecule has 7 heteroatoms. The molecule has 6 nitrogen and oxygen atoms in total. The number of halogens is 1.